The lowest BCUT2D eigenvalue weighted by molar-refractivity contribution is 0.1000. The summed E-state index contributed by atoms with van der Waals surface area (Å²) in [6, 6.07) is 1.56. The highest BCUT2D eigenvalue weighted by Crippen LogP contribution is 2.25. The highest BCUT2D eigenvalue weighted by atomic mass is 35.5. The zero-order chi connectivity index (χ0) is 16.4. The number of rotatable bonds is 4. The summed E-state index contributed by atoms with van der Waals surface area (Å²) < 4.78 is 4.98. The average molecular weight is 337 g/mol. The number of carbonyl (C=O) groups is 1. The molecule has 0 saturated carbocycles. The fourth-order valence-electron chi connectivity index (χ4n) is 2.52. The maximum atomic E-state index is 11.1. The fraction of sp³-hybridized carbons (Fsp3) is 0.429. The maximum absolute atomic E-state index is 11.1. The molecule has 23 heavy (non-hydrogen) atoms. The summed E-state index contributed by atoms with van der Waals surface area (Å²) in [4.78, 5) is 24.0. The number of piperazine rings is 1. The van der Waals surface area contributed by atoms with Crippen LogP contribution in [0.5, 0.6) is 0 Å². The van der Waals surface area contributed by atoms with E-state index in [-0.39, 0.29) is 0 Å². The van der Waals surface area contributed by atoms with Crippen molar-refractivity contribution < 1.29 is 9.32 Å². The van der Waals surface area contributed by atoms with E-state index < -0.39 is 5.91 Å². The van der Waals surface area contributed by atoms with Gasteiger partial charge in [0, 0.05) is 39.3 Å². The molecule has 3 rings (SSSR count). The lowest BCUT2D eigenvalue weighted by Crippen LogP contribution is -2.46. The third-order valence-corrected chi connectivity index (χ3v) is 3.99. The Morgan fingerprint density at radius 3 is 2.70 bits per heavy atom. The molecule has 0 aromatic carbocycles. The minimum atomic E-state index is -0.536. The summed E-state index contributed by atoms with van der Waals surface area (Å²) in [6.45, 7) is 5.66. The van der Waals surface area contributed by atoms with E-state index in [2.05, 4.69) is 24.9 Å². The molecule has 2 aromatic heterocycles. The van der Waals surface area contributed by atoms with Gasteiger partial charge in [0.2, 0.25) is 11.8 Å². The Morgan fingerprint density at radius 2 is 2.13 bits per heavy atom. The number of pyridine rings is 1. The number of halogens is 1. The fourth-order valence-corrected chi connectivity index (χ4v) is 2.81. The van der Waals surface area contributed by atoms with Gasteiger partial charge in [-0.25, -0.2) is 4.98 Å². The van der Waals surface area contributed by atoms with E-state index in [9.17, 15) is 4.79 Å². The van der Waals surface area contributed by atoms with Crippen molar-refractivity contribution in [2.45, 2.75) is 13.5 Å². The third-order valence-electron chi connectivity index (χ3n) is 3.71. The van der Waals surface area contributed by atoms with Crippen molar-refractivity contribution in [3.63, 3.8) is 0 Å². The maximum Gasteiger partial charge on any atom is 0.250 e. The Morgan fingerprint density at radius 1 is 1.39 bits per heavy atom. The predicted molar refractivity (Wildman–Crippen MR) is 84.3 cm³/mol. The number of nitrogens with two attached hydrogens (primary N) is 1. The van der Waals surface area contributed by atoms with E-state index in [1.165, 1.54) is 6.20 Å². The Bertz CT molecular complexity index is 711. The molecule has 0 aliphatic carbocycles. The monoisotopic (exact) mass is 336 g/mol. The number of anilines is 1. The molecule has 0 radical (unpaired) electrons. The van der Waals surface area contributed by atoms with Crippen LogP contribution in [0.1, 0.15) is 22.1 Å². The summed E-state index contributed by atoms with van der Waals surface area (Å²) in [6.07, 6.45) is 1.46. The topological polar surface area (TPSA) is 101 Å². The van der Waals surface area contributed by atoms with E-state index in [1.807, 2.05) is 0 Å². The Hall–Kier alpha value is -2.19. The summed E-state index contributed by atoms with van der Waals surface area (Å²) in [7, 11) is 0. The van der Waals surface area contributed by atoms with Crippen LogP contribution in [0.3, 0.4) is 0 Å². The van der Waals surface area contributed by atoms with Crippen molar-refractivity contribution in [3.8, 4) is 0 Å². The number of carbonyl (C=O) groups excluding carboxylic acids is 1. The number of primary amides is 1. The minimum absolute atomic E-state index is 0.310. The number of aromatic nitrogens is 3. The molecule has 2 N–H and O–H groups in total. The first-order valence-corrected chi connectivity index (χ1v) is 7.62. The lowest BCUT2D eigenvalue weighted by Gasteiger charge is -2.35. The van der Waals surface area contributed by atoms with Crippen LogP contribution in [0.2, 0.25) is 5.02 Å². The quantitative estimate of drug-likeness (QED) is 0.883. The zero-order valence-corrected chi connectivity index (χ0v) is 13.5. The SMILES string of the molecule is Cc1nc(CN2CCN(c3ncc(C(N)=O)cc3Cl)CC2)no1. The molecule has 1 aliphatic heterocycles. The van der Waals surface area contributed by atoms with Crippen LogP contribution in [0, 0.1) is 6.92 Å². The van der Waals surface area contributed by atoms with Crippen molar-refractivity contribution in [1.29, 1.82) is 0 Å². The van der Waals surface area contributed by atoms with Crippen molar-refractivity contribution >= 4 is 23.3 Å². The molecule has 1 fully saturated rings. The molecule has 0 spiro atoms. The molecule has 8 nitrogen and oxygen atoms in total. The van der Waals surface area contributed by atoms with Crippen LogP contribution < -0.4 is 10.6 Å². The van der Waals surface area contributed by atoms with Crippen molar-refractivity contribution in [3.05, 3.63) is 34.6 Å². The van der Waals surface area contributed by atoms with Crippen molar-refractivity contribution in [2.75, 3.05) is 31.1 Å². The second kappa shape index (κ2) is 6.51. The summed E-state index contributed by atoms with van der Waals surface area (Å²) >= 11 is 6.22. The van der Waals surface area contributed by atoms with E-state index in [4.69, 9.17) is 21.9 Å². The number of hydrogen-bond acceptors (Lipinski definition) is 7. The van der Waals surface area contributed by atoms with Crippen LogP contribution in [0.25, 0.3) is 0 Å². The van der Waals surface area contributed by atoms with Gasteiger partial charge in [-0.05, 0) is 6.07 Å². The highest BCUT2D eigenvalue weighted by Gasteiger charge is 2.21. The van der Waals surface area contributed by atoms with Crippen LogP contribution in [-0.4, -0.2) is 52.1 Å². The van der Waals surface area contributed by atoms with Crippen LogP contribution >= 0.6 is 11.6 Å². The standard InChI is InChI=1S/C14H17ClN6O2/c1-9-18-12(19-23-9)8-20-2-4-21(5-3-20)14-11(15)6-10(7-17-14)13(16)22/h6-7H,2-5,8H2,1H3,(H2,16,22). The van der Waals surface area contributed by atoms with Crippen LogP contribution in [-0.2, 0) is 6.54 Å². The van der Waals surface area contributed by atoms with Gasteiger partial charge in [0.15, 0.2) is 5.82 Å². The normalized spacial score (nSPS) is 15.8. The van der Waals surface area contributed by atoms with Gasteiger partial charge in [-0.15, -0.1) is 0 Å². The molecule has 0 unspecified atom stereocenters. The van der Waals surface area contributed by atoms with Crippen molar-refractivity contribution in [2.24, 2.45) is 5.73 Å². The summed E-state index contributed by atoms with van der Waals surface area (Å²) in [5, 5.41) is 4.34. The molecule has 122 valence electrons. The number of amides is 1. The van der Waals surface area contributed by atoms with E-state index >= 15 is 0 Å². The lowest BCUT2D eigenvalue weighted by atomic mass is 10.2. The molecular weight excluding hydrogens is 320 g/mol. The first-order valence-electron chi connectivity index (χ1n) is 7.25. The molecule has 1 aliphatic rings. The van der Waals surface area contributed by atoms with Gasteiger partial charge in [0.1, 0.15) is 5.82 Å². The van der Waals surface area contributed by atoms with Gasteiger partial charge < -0.3 is 15.2 Å². The molecule has 0 atom stereocenters. The Labute approximate surface area is 138 Å². The molecule has 2 aromatic rings. The summed E-state index contributed by atoms with van der Waals surface area (Å²) in [5.41, 5.74) is 5.54. The van der Waals surface area contributed by atoms with Gasteiger partial charge in [-0.3, -0.25) is 9.69 Å². The largest absolute Gasteiger partial charge is 0.366 e. The molecule has 0 bridgehead atoms. The van der Waals surface area contributed by atoms with E-state index in [1.54, 1.807) is 13.0 Å². The smallest absolute Gasteiger partial charge is 0.250 e. The van der Waals surface area contributed by atoms with Gasteiger partial charge >= 0.3 is 0 Å². The number of nitrogens with zero attached hydrogens (tertiary/aromatic N) is 5. The van der Waals surface area contributed by atoms with Crippen molar-refractivity contribution in [1.82, 2.24) is 20.0 Å². The second-order valence-electron chi connectivity index (χ2n) is 5.39. The molecule has 9 heteroatoms. The number of hydrogen-bond donors (Lipinski definition) is 1. The van der Waals surface area contributed by atoms with Gasteiger partial charge in [-0.2, -0.15) is 4.98 Å². The zero-order valence-electron chi connectivity index (χ0n) is 12.7. The number of aryl methyl sites for hydroxylation is 1. The molecule has 1 saturated heterocycles. The Kier molecular flexibility index (Phi) is 4.44. The summed E-state index contributed by atoms with van der Waals surface area (Å²) in [5.74, 6) is 1.40. The highest BCUT2D eigenvalue weighted by molar-refractivity contribution is 6.33. The molecule has 1 amide bonds. The average Bonchev–Trinajstić information content (AvgIpc) is 2.93. The van der Waals surface area contributed by atoms with E-state index in [0.29, 0.717) is 34.7 Å². The van der Waals surface area contributed by atoms with E-state index in [0.717, 1.165) is 26.2 Å². The van der Waals surface area contributed by atoms with Crippen LogP contribution in [0.4, 0.5) is 5.82 Å². The minimum Gasteiger partial charge on any atom is -0.366 e. The predicted octanol–water partition coefficient (Wildman–Crippen LogP) is 0.848. The van der Waals surface area contributed by atoms with Gasteiger partial charge in [0.25, 0.3) is 0 Å². The first kappa shape index (κ1) is 15.7. The second-order valence-corrected chi connectivity index (χ2v) is 5.79. The van der Waals surface area contributed by atoms with Gasteiger partial charge in [-0.1, -0.05) is 16.8 Å². The Balaban J connectivity index is 1.61. The molecular formula is C14H17ClN6O2. The third kappa shape index (κ3) is 3.59. The first-order chi connectivity index (χ1) is 11.0. The van der Waals surface area contributed by atoms with Gasteiger partial charge in [0.05, 0.1) is 17.1 Å². The molecule has 3 heterocycles. The van der Waals surface area contributed by atoms with Crippen LogP contribution in [0.15, 0.2) is 16.8 Å².